The first kappa shape index (κ1) is 11.4. The van der Waals surface area contributed by atoms with E-state index in [-0.39, 0.29) is 10.8 Å². The monoisotopic (exact) mass is 232 g/mol. The van der Waals surface area contributed by atoms with E-state index < -0.39 is 10.0 Å². The molecule has 1 saturated heterocycles. The van der Waals surface area contributed by atoms with Gasteiger partial charge < -0.3 is 5.32 Å². The number of hydrogen-bond donors (Lipinski definition) is 2. The van der Waals surface area contributed by atoms with E-state index in [1.54, 1.807) is 13.8 Å². The van der Waals surface area contributed by atoms with Gasteiger partial charge in [-0.05, 0) is 45.6 Å². The largest absolute Gasteiger partial charge is 0.310 e. The van der Waals surface area contributed by atoms with Gasteiger partial charge in [-0.15, -0.1) is 0 Å². The quantitative estimate of drug-likeness (QED) is 0.740. The highest BCUT2D eigenvalue weighted by Crippen LogP contribution is 2.44. The van der Waals surface area contributed by atoms with Crippen LogP contribution in [-0.4, -0.2) is 32.3 Å². The molecule has 1 aliphatic heterocycles. The van der Waals surface area contributed by atoms with Crippen molar-refractivity contribution in [1.82, 2.24) is 10.0 Å². The fraction of sp³-hybridized carbons (Fsp3) is 1.00. The molecule has 4 nitrogen and oxygen atoms in total. The Bertz CT molecular complexity index is 339. The maximum atomic E-state index is 11.6. The van der Waals surface area contributed by atoms with Gasteiger partial charge in [-0.2, -0.15) is 0 Å². The highest BCUT2D eigenvalue weighted by Gasteiger charge is 2.49. The minimum absolute atomic E-state index is 0.0853. The van der Waals surface area contributed by atoms with E-state index in [2.05, 4.69) is 10.0 Å². The summed E-state index contributed by atoms with van der Waals surface area (Å²) in [5, 5.41) is 3.12. The van der Waals surface area contributed by atoms with Crippen LogP contribution in [0.2, 0.25) is 0 Å². The third-order valence-electron chi connectivity index (χ3n) is 3.90. The Morgan fingerprint density at radius 3 is 2.67 bits per heavy atom. The van der Waals surface area contributed by atoms with Crippen molar-refractivity contribution in [3.8, 4) is 0 Å². The van der Waals surface area contributed by atoms with Crippen LogP contribution in [0.3, 0.4) is 0 Å². The maximum absolute atomic E-state index is 11.6. The number of fused-ring (bicyclic) bond motifs is 1. The first-order valence-electron chi connectivity index (χ1n) is 5.70. The summed E-state index contributed by atoms with van der Waals surface area (Å²) in [7, 11) is -3.10. The lowest BCUT2D eigenvalue weighted by molar-refractivity contribution is 0.140. The van der Waals surface area contributed by atoms with Gasteiger partial charge in [-0.3, -0.25) is 0 Å². The molecule has 2 atom stereocenters. The molecule has 0 bridgehead atoms. The highest BCUT2D eigenvalue weighted by atomic mass is 32.2. The summed E-state index contributed by atoms with van der Waals surface area (Å²) in [6.45, 7) is 5.02. The molecule has 2 unspecified atom stereocenters. The van der Waals surface area contributed by atoms with Crippen molar-refractivity contribution in [2.45, 2.75) is 43.9 Å². The van der Waals surface area contributed by atoms with Crippen LogP contribution in [0.15, 0.2) is 0 Å². The van der Waals surface area contributed by atoms with Crippen molar-refractivity contribution >= 4 is 10.0 Å². The number of hydrogen-bond acceptors (Lipinski definition) is 3. The van der Waals surface area contributed by atoms with E-state index in [1.165, 1.54) is 12.8 Å². The molecule has 0 aromatic carbocycles. The predicted octanol–water partition coefficient (Wildman–Crippen LogP) is 0.456. The molecule has 0 aromatic rings. The van der Waals surface area contributed by atoms with Crippen LogP contribution >= 0.6 is 0 Å². The van der Waals surface area contributed by atoms with Crippen LogP contribution in [0, 0.1) is 5.92 Å². The van der Waals surface area contributed by atoms with E-state index in [4.69, 9.17) is 0 Å². The molecule has 15 heavy (non-hydrogen) atoms. The normalized spacial score (nSPS) is 35.3. The molecular formula is C10H20N2O2S. The van der Waals surface area contributed by atoms with Gasteiger partial charge in [-0.1, -0.05) is 0 Å². The third-order valence-corrected chi connectivity index (χ3v) is 5.69. The topological polar surface area (TPSA) is 58.2 Å². The standard InChI is InChI=1S/C10H20N2O2S/c1-8(2)15(13,14)12-7-10-5-3-9(10)4-6-11-10/h8-9,11-12H,3-7H2,1-2H3. The Morgan fingerprint density at radius 1 is 1.47 bits per heavy atom. The van der Waals surface area contributed by atoms with Crippen LogP contribution in [0.5, 0.6) is 0 Å². The van der Waals surface area contributed by atoms with Gasteiger partial charge in [0, 0.05) is 12.1 Å². The maximum Gasteiger partial charge on any atom is 0.213 e. The Labute approximate surface area is 91.9 Å². The van der Waals surface area contributed by atoms with Gasteiger partial charge in [0.15, 0.2) is 0 Å². The summed E-state index contributed by atoms with van der Waals surface area (Å²) in [6, 6.07) is 0. The lowest BCUT2D eigenvalue weighted by Crippen LogP contribution is -2.59. The molecule has 1 aliphatic carbocycles. The molecule has 88 valence electrons. The molecule has 0 amide bonds. The van der Waals surface area contributed by atoms with Crippen molar-refractivity contribution in [3.05, 3.63) is 0 Å². The van der Waals surface area contributed by atoms with E-state index in [0.29, 0.717) is 12.5 Å². The van der Waals surface area contributed by atoms with Crippen LogP contribution in [0.25, 0.3) is 0 Å². The van der Waals surface area contributed by atoms with Crippen LogP contribution in [0.4, 0.5) is 0 Å². The molecule has 0 aromatic heterocycles. The van der Waals surface area contributed by atoms with Gasteiger partial charge in [0.1, 0.15) is 0 Å². The fourth-order valence-electron chi connectivity index (χ4n) is 2.54. The zero-order valence-electron chi connectivity index (χ0n) is 9.41. The van der Waals surface area contributed by atoms with Crippen molar-refractivity contribution in [3.63, 3.8) is 0 Å². The van der Waals surface area contributed by atoms with Crippen molar-refractivity contribution in [2.24, 2.45) is 5.92 Å². The number of sulfonamides is 1. The van der Waals surface area contributed by atoms with Crippen molar-refractivity contribution in [1.29, 1.82) is 0 Å². The molecule has 0 radical (unpaired) electrons. The lowest BCUT2D eigenvalue weighted by Gasteiger charge is -2.45. The second kappa shape index (κ2) is 3.71. The van der Waals surface area contributed by atoms with Gasteiger partial charge in [-0.25, -0.2) is 13.1 Å². The Balaban J connectivity index is 1.94. The molecule has 1 heterocycles. The molecule has 0 spiro atoms. The minimum atomic E-state index is -3.10. The van der Waals surface area contributed by atoms with Crippen molar-refractivity contribution < 1.29 is 8.42 Å². The summed E-state index contributed by atoms with van der Waals surface area (Å²) in [6.07, 6.45) is 3.55. The van der Waals surface area contributed by atoms with E-state index >= 15 is 0 Å². The summed E-state index contributed by atoms with van der Waals surface area (Å²) in [5.41, 5.74) is 0.0853. The third kappa shape index (κ3) is 1.92. The van der Waals surface area contributed by atoms with E-state index in [1.807, 2.05) is 0 Å². The smallest absolute Gasteiger partial charge is 0.213 e. The first-order chi connectivity index (χ1) is 6.96. The first-order valence-corrected chi connectivity index (χ1v) is 7.24. The molecule has 2 N–H and O–H groups in total. The molecule has 2 fully saturated rings. The Morgan fingerprint density at radius 2 is 2.20 bits per heavy atom. The Hall–Kier alpha value is -0.130. The summed E-state index contributed by atoms with van der Waals surface area (Å²) in [5.74, 6) is 0.687. The van der Waals surface area contributed by atoms with Gasteiger partial charge in [0.25, 0.3) is 0 Å². The predicted molar refractivity (Wildman–Crippen MR) is 60.1 cm³/mol. The zero-order valence-corrected chi connectivity index (χ0v) is 10.2. The van der Waals surface area contributed by atoms with Gasteiger partial charge in [0.05, 0.1) is 5.25 Å². The lowest BCUT2D eigenvalue weighted by atomic mass is 9.68. The summed E-state index contributed by atoms with van der Waals surface area (Å²) >= 11 is 0. The summed E-state index contributed by atoms with van der Waals surface area (Å²) in [4.78, 5) is 0. The van der Waals surface area contributed by atoms with Gasteiger partial charge in [0.2, 0.25) is 10.0 Å². The fourth-order valence-corrected chi connectivity index (χ4v) is 3.33. The summed E-state index contributed by atoms with van der Waals surface area (Å²) < 4.78 is 26.0. The van der Waals surface area contributed by atoms with Crippen LogP contribution in [0.1, 0.15) is 33.1 Å². The molecule has 1 saturated carbocycles. The second-order valence-corrected chi connectivity index (χ2v) is 7.34. The highest BCUT2D eigenvalue weighted by molar-refractivity contribution is 7.90. The van der Waals surface area contributed by atoms with Gasteiger partial charge >= 0.3 is 0 Å². The average molecular weight is 232 g/mol. The number of rotatable bonds is 4. The number of nitrogens with one attached hydrogen (secondary N) is 2. The average Bonchev–Trinajstić information content (AvgIpc) is 2.40. The van der Waals surface area contributed by atoms with E-state index in [9.17, 15) is 8.42 Å². The molecule has 2 rings (SSSR count). The molecular weight excluding hydrogens is 212 g/mol. The SMILES string of the molecule is CC(C)S(=O)(=O)NCC12CCC1CCN2. The van der Waals surface area contributed by atoms with E-state index in [0.717, 1.165) is 13.0 Å². The zero-order chi connectivity index (χ0) is 11.1. The minimum Gasteiger partial charge on any atom is -0.310 e. The second-order valence-electron chi connectivity index (χ2n) is 5.02. The van der Waals surface area contributed by atoms with Crippen LogP contribution < -0.4 is 10.0 Å². The molecule has 5 heteroatoms. The van der Waals surface area contributed by atoms with Crippen molar-refractivity contribution in [2.75, 3.05) is 13.1 Å². The Kier molecular flexibility index (Phi) is 2.81. The molecule has 2 aliphatic rings. The van der Waals surface area contributed by atoms with Crippen LogP contribution in [-0.2, 0) is 10.0 Å².